The average molecular weight is 223 g/mol. The molecular weight excluding hydrogens is 206 g/mol. The SMILES string of the molecule is CCCCCCNc1cc([N+](=O)[O-])ccn1. The van der Waals surface area contributed by atoms with Crippen molar-refractivity contribution < 1.29 is 4.92 Å². The molecule has 0 aromatic carbocycles. The summed E-state index contributed by atoms with van der Waals surface area (Å²) in [4.78, 5) is 14.1. The maximum atomic E-state index is 10.5. The Bertz CT molecular complexity index is 342. The summed E-state index contributed by atoms with van der Waals surface area (Å²) in [6.45, 7) is 2.98. The van der Waals surface area contributed by atoms with Gasteiger partial charge in [0.15, 0.2) is 0 Å². The molecule has 0 aliphatic heterocycles. The topological polar surface area (TPSA) is 68.1 Å². The van der Waals surface area contributed by atoms with Crippen molar-refractivity contribution in [2.75, 3.05) is 11.9 Å². The van der Waals surface area contributed by atoms with Gasteiger partial charge in [0, 0.05) is 18.8 Å². The van der Waals surface area contributed by atoms with Gasteiger partial charge in [-0.15, -0.1) is 0 Å². The maximum absolute atomic E-state index is 10.5. The van der Waals surface area contributed by atoms with Crippen LogP contribution in [0, 0.1) is 10.1 Å². The first-order valence-corrected chi connectivity index (χ1v) is 5.58. The van der Waals surface area contributed by atoms with Gasteiger partial charge in [-0.25, -0.2) is 4.98 Å². The standard InChI is InChI=1S/C11H17N3O2/c1-2-3-4-5-7-12-11-9-10(14(15)16)6-8-13-11/h6,8-9H,2-5,7H2,1H3,(H,12,13). The van der Waals surface area contributed by atoms with E-state index in [9.17, 15) is 10.1 Å². The second-order valence-electron chi connectivity index (χ2n) is 3.64. The molecule has 0 unspecified atom stereocenters. The summed E-state index contributed by atoms with van der Waals surface area (Å²) in [5.41, 5.74) is 0.0751. The van der Waals surface area contributed by atoms with Gasteiger partial charge < -0.3 is 5.32 Å². The van der Waals surface area contributed by atoms with Gasteiger partial charge in [-0.05, 0) is 6.42 Å². The Morgan fingerprint density at radius 2 is 2.25 bits per heavy atom. The van der Waals surface area contributed by atoms with Crippen molar-refractivity contribution >= 4 is 11.5 Å². The van der Waals surface area contributed by atoms with Gasteiger partial charge in [-0.2, -0.15) is 0 Å². The fourth-order valence-electron chi connectivity index (χ4n) is 1.40. The minimum absolute atomic E-state index is 0.0751. The molecule has 1 heterocycles. The molecule has 88 valence electrons. The number of anilines is 1. The summed E-state index contributed by atoms with van der Waals surface area (Å²) in [6, 6.07) is 2.85. The summed E-state index contributed by atoms with van der Waals surface area (Å²) in [5, 5.41) is 13.6. The molecule has 0 bridgehead atoms. The van der Waals surface area contributed by atoms with E-state index in [0.29, 0.717) is 5.82 Å². The van der Waals surface area contributed by atoms with E-state index in [1.807, 2.05) is 0 Å². The minimum Gasteiger partial charge on any atom is -0.370 e. The molecule has 0 atom stereocenters. The Balaban J connectivity index is 2.36. The molecule has 0 saturated heterocycles. The molecule has 0 radical (unpaired) electrons. The molecule has 5 nitrogen and oxygen atoms in total. The zero-order valence-corrected chi connectivity index (χ0v) is 9.48. The number of hydrogen-bond donors (Lipinski definition) is 1. The first kappa shape index (κ1) is 12.4. The van der Waals surface area contributed by atoms with Crippen LogP contribution in [0.5, 0.6) is 0 Å². The summed E-state index contributed by atoms with van der Waals surface area (Å²) in [6.07, 6.45) is 6.13. The molecule has 0 aliphatic carbocycles. The molecule has 5 heteroatoms. The lowest BCUT2D eigenvalue weighted by atomic mass is 10.2. The van der Waals surface area contributed by atoms with E-state index in [4.69, 9.17) is 0 Å². The van der Waals surface area contributed by atoms with E-state index >= 15 is 0 Å². The normalized spacial score (nSPS) is 10.1. The second kappa shape index (κ2) is 6.76. The molecule has 0 saturated carbocycles. The van der Waals surface area contributed by atoms with E-state index in [0.717, 1.165) is 13.0 Å². The van der Waals surface area contributed by atoms with Crippen molar-refractivity contribution in [3.05, 3.63) is 28.4 Å². The fourth-order valence-corrected chi connectivity index (χ4v) is 1.40. The van der Waals surface area contributed by atoms with Crippen LogP contribution in [-0.2, 0) is 0 Å². The predicted octanol–water partition coefficient (Wildman–Crippen LogP) is 2.98. The van der Waals surface area contributed by atoms with Gasteiger partial charge >= 0.3 is 0 Å². The highest BCUT2D eigenvalue weighted by Crippen LogP contribution is 2.14. The van der Waals surface area contributed by atoms with Crippen LogP contribution in [0.15, 0.2) is 18.3 Å². The quantitative estimate of drug-likeness (QED) is 0.438. The zero-order valence-electron chi connectivity index (χ0n) is 9.48. The molecular formula is C11H17N3O2. The number of hydrogen-bond acceptors (Lipinski definition) is 4. The predicted molar refractivity (Wildman–Crippen MR) is 63.5 cm³/mol. The van der Waals surface area contributed by atoms with E-state index in [2.05, 4.69) is 17.2 Å². The molecule has 0 spiro atoms. The fraction of sp³-hybridized carbons (Fsp3) is 0.545. The minimum atomic E-state index is -0.413. The Morgan fingerprint density at radius 3 is 2.94 bits per heavy atom. The average Bonchev–Trinajstić information content (AvgIpc) is 2.29. The van der Waals surface area contributed by atoms with Gasteiger partial charge in [-0.1, -0.05) is 26.2 Å². The number of pyridine rings is 1. The van der Waals surface area contributed by atoms with Gasteiger partial charge in [0.2, 0.25) is 0 Å². The number of rotatable bonds is 7. The zero-order chi connectivity index (χ0) is 11.8. The van der Waals surface area contributed by atoms with Crippen LogP contribution in [0.1, 0.15) is 32.6 Å². The number of nitrogens with one attached hydrogen (secondary N) is 1. The van der Waals surface area contributed by atoms with Crippen molar-refractivity contribution in [1.82, 2.24) is 4.98 Å². The van der Waals surface area contributed by atoms with Crippen LogP contribution in [0.2, 0.25) is 0 Å². The van der Waals surface area contributed by atoms with Gasteiger partial charge in [0.1, 0.15) is 5.82 Å². The lowest BCUT2D eigenvalue weighted by molar-refractivity contribution is -0.384. The number of aromatic nitrogens is 1. The highest BCUT2D eigenvalue weighted by Gasteiger charge is 2.05. The summed E-state index contributed by atoms with van der Waals surface area (Å²) in [7, 11) is 0. The second-order valence-corrected chi connectivity index (χ2v) is 3.64. The van der Waals surface area contributed by atoms with Crippen LogP contribution in [0.4, 0.5) is 11.5 Å². The van der Waals surface area contributed by atoms with E-state index < -0.39 is 4.92 Å². The molecule has 16 heavy (non-hydrogen) atoms. The van der Waals surface area contributed by atoms with E-state index in [-0.39, 0.29) is 5.69 Å². The third kappa shape index (κ3) is 4.25. The monoisotopic (exact) mass is 223 g/mol. The number of unbranched alkanes of at least 4 members (excludes halogenated alkanes) is 3. The number of nitrogens with zero attached hydrogens (tertiary/aromatic N) is 2. The smallest absolute Gasteiger partial charge is 0.274 e. The van der Waals surface area contributed by atoms with Crippen LogP contribution >= 0.6 is 0 Å². The van der Waals surface area contributed by atoms with Crippen molar-refractivity contribution in [3.8, 4) is 0 Å². The van der Waals surface area contributed by atoms with Crippen LogP contribution < -0.4 is 5.32 Å². The largest absolute Gasteiger partial charge is 0.370 e. The molecule has 1 rings (SSSR count). The lowest BCUT2D eigenvalue weighted by Crippen LogP contribution is -2.03. The van der Waals surface area contributed by atoms with Crippen molar-refractivity contribution in [1.29, 1.82) is 0 Å². The first-order chi connectivity index (χ1) is 7.74. The summed E-state index contributed by atoms with van der Waals surface area (Å²) >= 11 is 0. The van der Waals surface area contributed by atoms with Crippen molar-refractivity contribution in [2.24, 2.45) is 0 Å². The highest BCUT2D eigenvalue weighted by atomic mass is 16.6. The van der Waals surface area contributed by atoms with E-state index in [1.54, 1.807) is 0 Å². The molecule has 1 aromatic heterocycles. The van der Waals surface area contributed by atoms with Gasteiger partial charge in [-0.3, -0.25) is 10.1 Å². The Hall–Kier alpha value is -1.65. The molecule has 0 aliphatic rings. The maximum Gasteiger partial charge on any atom is 0.274 e. The first-order valence-electron chi connectivity index (χ1n) is 5.58. The van der Waals surface area contributed by atoms with Crippen LogP contribution in [0.3, 0.4) is 0 Å². The van der Waals surface area contributed by atoms with Crippen molar-refractivity contribution in [2.45, 2.75) is 32.6 Å². The van der Waals surface area contributed by atoms with Crippen LogP contribution in [0.25, 0.3) is 0 Å². The molecule has 0 amide bonds. The number of nitro groups is 1. The third-order valence-electron chi connectivity index (χ3n) is 2.29. The van der Waals surface area contributed by atoms with Gasteiger partial charge in [0.25, 0.3) is 5.69 Å². The van der Waals surface area contributed by atoms with Gasteiger partial charge in [0.05, 0.1) is 11.0 Å². The Labute approximate surface area is 95.0 Å². The summed E-state index contributed by atoms with van der Waals surface area (Å²) < 4.78 is 0. The summed E-state index contributed by atoms with van der Waals surface area (Å²) in [5.74, 6) is 0.575. The highest BCUT2D eigenvalue weighted by molar-refractivity contribution is 5.43. The van der Waals surface area contributed by atoms with E-state index in [1.165, 1.54) is 37.6 Å². The molecule has 1 N–H and O–H groups in total. The molecule has 0 fully saturated rings. The van der Waals surface area contributed by atoms with Crippen LogP contribution in [-0.4, -0.2) is 16.5 Å². The lowest BCUT2D eigenvalue weighted by Gasteiger charge is -2.04. The Morgan fingerprint density at radius 1 is 1.44 bits per heavy atom. The Kier molecular flexibility index (Phi) is 5.25. The third-order valence-corrected chi connectivity index (χ3v) is 2.29. The molecule has 1 aromatic rings. The van der Waals surface area contributed by atoms with Crippen molar-refractivity contribution in [3.63, 3.8) is 0 Å².